The quantitative estimate of drug-likeness (QED) is 0.402. The number of amides is 1. The molecular formula is C26H23ClN2O. The van der Waals surface area contributed by atoms with Crippen LogP contribution in [-0.4, -0.2) is 16.9 Å². The maximum absolute atomic E-state index is 13.2. The summed E-state index contributed by atoms with van der Waals surface area (Å²) in [5.74, 6) is -0.0793. The Labute approximate surface area is 181 Å². The number of halogens is 1. The minimum Gasteiger partial charge on any atom is -0.350 e. The van der Waals surface area contributed by atoms with Gasteiger partial charge in [0.25, 0.3) is 5.91 Å². The van der Waals surface area contributed by atoms with E-state index in [-0.39, 0.29) is 11.9 Å². The van der Waals surface area contributed by atoms with Crippen molar-refractivity contribution in [1.29, 1.82) is 0 Å². The summed E-state index contributed by atoms with van der Waals surface area (Å²) in [7, 11) is 0. The topological polar surface area (TPSA) is 42.0 Å². The zero-order valence-corrected chi connectivity index (χ0v) is 17.6. The highest BCUT2D eigenvalue weighted by Gasteiger charge is 2.16. The number of rotatable bonds is 6. The van der Waals surface area contributed by atoms with Gasteiger partial charge in [-0.2, -0.15) is 0 Å². The first-order valence-electron chi connectivity index (χ1n) is 10.1. The zero-order valence-electron chi connectivity index (χ0n) is 16.8. The second-order valence-corrected chi connectivity index (χ2v) is 7.91. The van der Waals surface area contributed by atoms with Crippen molar-refractivity contribution in [3.05, 3.63) is 101 Å². The third kappa shape index (κ3) is 4.69. The van der Waals surface area contributed by atoms with Gasteiger partial charge in [0.2, 0.25) is 0 Å². The minimum atomic E-state index is -0.0793. The van der Waals surface area contributed by atoms with E-state index in [9.17, 15) is 4.79 Å². The molecule has 1 N–H and O–H groups in total. The van der Waals surface area contributed by atoms with Crippen molar-refractivity contribution in [2.75, 3.05) is 0 Å². The molecule has 0 fully saturated rings. The summed E-state index contributed by atoms with van der Waals surface area (Å²) in [6.07, 6.45) is 1.80. The lowest BCUT2D eigenvalue weighted by atomic mass is 10.0. The largest absolute Gasteiger partial charge is 0.350 e. The maximum atomic E-state index is 13.2. The average molecular weight is 415 g/mol. The molecule has 3 nitrogen and oxygen atoms in total. The molecule has 0 spiro atoms. The normalized spacial score (nSPS) is 11.9. The summed E-state index contributed by atoms with van der Waals surface area (Å²) in [5.41, 5.74) is 4.39. The Kier molecular flexibility index (Phi) is 6.10. The molecule has 0 unspecified atom stereocenters. The molecule has 0 aliphatic rings. The lowest BCUT2D eigenvalue weighted by Crippen LogP contribution is -2.33. The predicted molar refractivity (Wildman–Crippen MR) is 124 cm³/mol. The van der Waals surface area contributed by atoms with Gasteiger partial charge in [0.1, 0.15) is 0 Å². The third-order valence-corrected chi connectivity index (χ3v) is 5.44. The molecule has 150 valence electrons. The van der Waals surface area contributed by atoms with Crippen LogP contribution in [0.1, 0.15) is 29.3 Å². The van der Waals surface area contributed by atoms with Gasteiger partial charge in [-0.3, -0.25) is 4.79 Å². The fourth-order valence-corrected chi connectivity index (χ4v) is 3.66. The van der Waals surface area contributed by atoms with Crippen LogP contribution in [0, 0.1) is 0 Å². The van der Waals surface area contributed by atoms with E-state index >= 15 is 0 Å². The Morgan fingerprint density at radius 2 is 1.67 bits per heavy atom. The Balaban J connectivity index is 1.58. The molecule has 30 heavy (non-hydrogen) atoms. The average Bonchev–Trinajstić information content (AvgIpc) is 2.78. The van der Waals surface area contributed by atoms with E-state index in [1.807, 2.05) is 79.7 Å². The van der Waals surface area contributed by atoms with Crippen molar-refractivity contribution in [3.63, 3.8) is 0 Å². The van der Waals surface area contributed by atoms with Crippen LogP contribution in [0.4, 0.5) is 0 Å². The predicted octanol–water partition coefficient (Wildman–Crippen LogP) is 6.31. The van der Waals surface area contributed by atoms with Gasteiger partial charge in [-0.25, -0.2) is 4.98 Å². The van der Waals surface area contributed by atoms with Gasteiger partial charge in [0.15, 0.2) is 0 Å². The molecule has 0 aliphatic carbocycles. The van der Waals surface area contributed by atoms with E-state index in [2.05, 4.69) is 17.4 Å². The van der Waals surface area contributed by atoms with Gasteiger partial charge in [-0.05, 0) is 49.6 Å². The molecule has 0 aliphatic heterocycles. The lowest BCUT2D eigenvalue weighted by Gasteiger charge is -2.16. The van der Waals surface area contributed by atoms with Gasteiger partial charge in [-0.1, -0.05) is 72.3 Å². The number of carbonyl (C=O) groups excluding carboxylic acids is 1. The van der Waals surface area contributed by atoms with E-state index in [0.717, 1.165) is 35.0 Å². The first-order chi connectivity index (χ1) is 14.6. The number of nitrogens with zero attached hydrogens (tertiary/aromatic N) is 1. The molecule has 0 saturated carbocycles. The Bertz CT molecular complexity index is 1160. The number of hydrogen-bond donors (Lipinski definition) is 1. The van der Waals surface area contributed by atoms with Crippen molar-refractivity contribution >= 4 is 28.4 Å². The van der Waals surface area contributed by atoms with Gasteiger partial charge in [0, 0.05) is 22.0 Å². The molecule has 4 heteroatoms. The van der Waals surface area contributed by atoms with Crippen LogP contribution in [-0.2, 0) is 6.42 Å². The fourth-order valence-electron chi connectivity index (χ4n) is 3.53. The minimum absolute atomic E-state index is 0.0589. The molecule has 0 radical (unpaired) electrons. The van der Waals surface area contributed by atoms with Crippen molar-refractivity contribution in [3.8, 4) is 11.3 Å². The van der Waals surface area contributed by atoms with E-state index < -0.39 is 0 Å². The van der Waals surface area contributed by atoms with Crippen LogP contribution >= 0.6 is 11.6 Å². The van der Waals surface area contributed by atoms with Crippen LogP contribution in [0.3, 0.4) is 0 Å². The number of aryl methyl sites for hydroxylation is 1. The van der Waals surface area contributed by atoms with E-state index in [0.29, 0.717) is 10.6 Å². The number of hydrogen-bond acceptors (Lipinski definition) is 2. The van der Waals surface area contributed by atoms with Crippen molar-refractivity contribution < 1.29 is 4.79 Å². The van der Waals surface area contributed by atoms with Crippen molar-refractivity contribution in [2.45, 2.75) is 25.8 Å². The first kappa shape index (κ1) is 20.1. The molecule has 0 bridgehead atoms. The second-order valence-electron chi connectivity index (χ2n) is 7.48. The zero-order chi connectivity index (χ0) is 20.9. The summed E-state index contributed by atoms with van der Waals surface area (Å²) < 4.78 is 0. The molecule has 1 heterocycles. The number of para-hydroxylation sites is 1. The van der Waals surface area contributed by atoms with E-state index in [1.165, 1.54) is 5.56 Å². The van der Waals surface area contributed by atoms with Gasteiger partial charge in [-0.15, -0.1) is 0 Å². The Morgan fingerprint density at radius 1 is 0.967 bits per heavy atom. The van der Waals surface area contributed by atoms with E-state index in [4.69, 9.17) is 16.6 Å². The summed E-state index contributed by atoms with van der Waals surface area (Å²) >= 11 is 6.02. The molecule has 1 amide bonds. The van der Waals surface area contributed by atoms with Crippen molar-refractivity contribution in [2.24, 2.45) is 0 Å². The molecule has 1 aromatic heterocycles. The summed E-state index contributed by atoms with van der Waals surface area (Å²) in [6.45, 7) is 2.05. The van der Waals surface area contributed by atoms with Crippen LogP contribution in [0.2, 0.25) is 5.02 Å². The molecule has 1 atom stereocenters. The Hall–Kier alpha value is -3.17. The molecule has 4 aromatic rings. The van der Waals surface area contributed by atoms with E-state index in [1.54, 1.807) is 0 Å². The van der Waals surface area contributed by atoms with Gasteiger partial charge >= 0.3 is 0 Å². The second kappa shape index (κ2) is 9.10. The monoisotopic (exact) mass is 414 g/mol. The van der Waals surface area contributed by atoms with Crippen LogP contribution in [0.15, 0.2) is 84.9 Å². The fraction of sp³-hybridized carbons (Fsp3) is 0.154. The summed E-state index contributed by atoms with van der Waals surface area (Å²) in [5, 5.41) is 4.68. The summed E-state index contributed by atoms with van der Waals surface area (Å²) in [4.78, 5) is 17.9. The number of pyridine rings is 1. The highest BCUT2D eigenvalue weighted by Crippen LogP contribution is 2.26. The number of carbonyl (C=O) groups is 1. The number of fused-ring (bicyclic) bond motifs is 1. The number of nitrogens with one attached hydrogen (secondary N) is 1. The highest BCUT2D eigenvalue weighted by molar-refractivity contribution is 6.30. The lowest BCUT2D eigenvalue weighted by molar-refractivity contribution is 0.0940. The number of benzene rings is 3. The smallest absolute Gasteiger partial charge is 0.252 e. The molecule has 0 saturated heterocycles. The third-order valence-electron chi connectivity index (χ3n) is 5.19. The number of aromatic nitrogens is 1. The summed E-state index contributed by atoms with van der Waals surface area (Å²) in [6, 6.07) is 27.5. The first-order valence-corrected chi connectivity index (χ1v) is 10.5. The van der Waals surface area contributed by atoms with Gasteiger partial charge in [0.05, 0.1) is 16.8 Å². The van der Waals surface area contributed by atoms with Crippen molar-refractivity contribution in [1.82, 2.24) is 10.3 Å². The van der Waals surface area contributed by atoms with Crippen LogP contribution in [0.5, 0.6) is 0 Å². The van der Waals surface area contributed by atoms with Crippen LogP contribution in [0.25, 0.3) is 22.2 Å². The molecule has 4 rings (SSSR count). The van der Waals surface area contributed by atoms with Gasteiger partial charge < -0.3 is 5.32 Å². The molecule has 3 aromatic carbocycles. The molecular weight excluding hydrogens is 392 g/mol. The highest BCUT2D eigenvalue weighted by atomic mass is 35.5. The SMILES string of the molecule is C[C@@H](CCc1ccccc1)NC(=O)c1cc(-c2ccc(Cl)cc2)nc2ccccc12. The maximum Gasteiger partial charge on any atom is 0.252 e. The Morgan fingerprint density at radius 3 is 2.43 bits per heavy atom. The standard InChI is InChI=1S/C26H23ClN2O/c1-18(11-12-19-7-3-2-4-8-19)28-26(30)23-17-25(20-13-15-21(27)16-14-20)29-24-10-6-5-9-22(23)24/h2-10,13-18H,11-12H2,1H3,(H,28,30)/t18-/m0/s1. The van der Waals surface area contributed by atoms with Crippen LogP contribution < -0.4 is 5.32 Å².